The van der Waals surface area contributed by atoms with Gasteiger partial charge in [-0.15, -0.1) is 0 Å². The fourth-order valence-corrected chi connectivity index (χ4v) is 3.64. The van der Waals surface area contributed by atoms with Crippen molar-refractivity contribution in [3.05, 3.63) is 0 Å². The van der Waals surface area contributed by atoms with Crippen LogP contribution in [0.5, 0.6) is 0 Å². The summed E-state index contributed by atoms with van der Waals surface area (Å²) < 4.78 is 0. The van der Waals surface area contributed by atoms with Crippen LogP contribution in [0, 0.1) is 11.8 Å². The van der Waals surface area contributed by atoms with Crippen molar-refractivity contribution in [3.63, 3.8) is 0 Å². The molecule has 1 heterocycles. The minimum absolute atomic E-state index is 0.206. The molecule has 3 heteroatoms. The van der Waals surface area contributed by atoms with Crippen molar-refractivity contribution in [2.24, 2.45) is 17.6 Å². The monoisotopic (exact) mass is 269 g/mol. The van der Waals surface area contributed by atoms with Crippen LogP contribution in [0.3, 0.4) is 0 Å². The van der Waals surface area contributed by atoms with E-state index in [1.807, 2.05) is 0 Å². The fraction of sp³-hybridized carbons (Fsp3) is 1.00. The Bertz CT molecular complexity index is 253. The fourth-order valence-electron chi connectivity index (χ4n) is 3.64. The average molecular weight is 269 g/mol. The first-order chi connectivity index (χ1) is 8.80. The van der Waals surface area contributed by atoms with Crippen LogP contribution in [-0.4, -0.2) is 54.6 Å². The third kappa shape index (κ3) is 4.44. The minimum Gasteiger partial charge on any atom is -0.329 e. The smallest absolute Gasteiger partial charge is 0.0337 e. The standard InChI is InChI=1S/C16H35N3/c1-13(2)9-16(12-17,10-14(3)4)19-8-7-18(6)15(5)11-19/h13-15H,7-12,17H2,1-6H3. The Morgan fingerprint density at radius 1 is 1.11 bits per heavy atom. The molecule has 3 nitrogen and oxygen atoms in total. The quantitative estimate of drug-likeness (QED) is 0.804. The van der Waals surface area contributed by atoms with Gasteiger partial charge in [0.1, 0.15) is 0 Å². The molecule has 0 aromatic carbocycles. The second-order valence-electron chi connectivity index (χ2n) is 7.40. The summed E-state index contributed by atoms with van der Waals surface area (Å²) in [6.45, 7) is 15.9. The van der Waals surface area contributed by atoms with E-state index in [1.165, 1.54) is 19.4 Å². The molecule has 0 spiro atoms. The molecule has 0 amide bonds. The second-order valence-corrected chi connectivity index (χ2v) is 7.40. The highest BCUT2D eigenvalue weighted by Crippen LogP contribution is 2.32. The molecule has 1 atom stereocenters. The Morgan fingerprint density at radius 3 is 2.00 bits per heavy atom. The summed E-state index contributed by atoms with van der Waals surface area (Å²) in [5.41, 5.74) is 6.47. The van der Waals surface area contributed by atoms with Crippen LogP contribution in [0.15, 0.2) is 0 Å². The first-order valence-corrected chi connectivity index (χ1v) is 7.96. The normalized spacial score (nSPS) is 23.5. The zero-order chi connectivity index (χ0) is 14.6. The van der Waals surface area contributed by atoms with E-state index in [9.17, 15) is 0 Å². The number of nitrogens with two attached hydrogens (primary N) is 1. The molecule has 1 aliphatic heterocycles. The van der Waals surface area contributed by atoms with Gasteiger partial charge >= 0.3 is 0 Å². The van der Waals surface area contributed by atoms with Crippen LogP contribution in [0.25, 0.3) is 0 Å². The summed E-state index contributed by atoms with van der Waals surface area (Å²) in [5.74, 6) is 1.41. The highest BCUT2D eigenvalue weighted by molar-refractivity contribution is 4.96. The van der Waals surface area contributed by atoms with Crippen LogP contribution in [0.1, 0.15) is 47.5 Å². The molecule has 1 saturated heterocycles. The van der Waals surface area contributed by atoms with Gasteiger partial charge in [-0.3, -0.25) is 4.90 Å². The first kappa shape index (κ1) is 16.9. The van der Waals surface area contributed by atoms with E-state index in [-0.39, 0.29) is 5.54 Å². The number of nitrogens with zero attached hydrogens (tertiary/aromatic N) is 2. The van der Waals surface area contributed by atoms with Gasteiger partial charge in [0.25, 0.3) is 0 Å². The molecule has 0 saturated carbocycles. The lowest BCUT2D eigenvalue weighted by atomic mass is 9.79. The SMILES string of the molecule is CC(C)CC(CN)(CC(C)C)N1CCN(C)C(C)C1. The van der Waals surface area contributed by atoms with Gasteiger partial charge in [-0.05, 0) is 38.6 Å². The molecule has 1 fully saturated rings. The van der Waals surface area contributed by atoms with E-state index in [0.717, 1.165) is 19.6 Å². The van der Waals surface area contributed by atoms with Gasteiger partial charge in [0.15, 0.2) is 0 Å². The molecule has 0 radical (unpaired) electrons. The lowest BCUT2D eigenvalue weighted by molar-refractivity contribution is -0.00448. The van der Waals surface area contributed by atoms with E-state index in [2.05, 4.69) is 51.5 Å². The number of piperazine rings is 1. The molecule has 0 aromatic rings. The van der Waals surface area contributed by atoms with Crippen molar-refractivity contribution in [3.8, 4) is 0 Å². The lowest BCUT2D eigenvalue weighted by Crippen LogP contribution is -2.62. The highest BCUT2D eigenvalue weighted by atomic mass is 15.3. The summed E-state index contributed by atoms with van der Waals surface area (Å²) in [6.07, 6.45) is 2.44. The molecule has 1 aliphatic rings. The van der Waals surface area contributed by atoms with Gasteiger partial charge in [-0.2, -0.15) is 0 Å². The van der Waals surface area contributed by atoms with Gasteiger partial charge in [-0.25, -0.2) is 0 Å². The molecule has 1 rings (SSSR count). The number of rotatable bonds is 6. The molecule has 0 aromatic heterocycles. The van der Waals surface area contributed by atoms with E-state index in [4.69, 9.17) is 5.73 Å². The summed E-state index contributed by atoms with van der Waals surface area (Å²) in [7, 11) is 2.23. The molecule has 114 valence electrons. The minimum atomic E-state index is 0.206. The topological polar surface area (TPSA) is 32.5 Å². The van der Waals surface area contributed by atoms with Crippen LogP contribution in [-0.2, 0) is 0 Å². The maximum Gasteiger partial charge on any atom is 0.0337 e. The van der Waals surface area contributed by atoms with E-state index < -0.39 is 0 Å². The van der Waals surface area contributed by atoms with E-state index in [0.29, 0.717) is 17.9 Å². The van der Waals surface area contributed by atoms with Gasteiger partial charge in [0, 0.05) is 37.8 Å². The number of hydrogen-bond acceptors (Lipinski definition) is 3. The van der Waals surface area contributed by atoms with Crippen LogP contribution < -0.4 is 5.73 Å². The zero-order valence-electron chi connectivity index (χ0n) is 13.9. The third-order valence-electron chi connectivity index (χ3n) is 4.59. The van der Waals surface area contributed by atoms with Crippen molar-refractivity contribution in [2.45, 2.75) is 59.0 Å². The Balaban J connectivity index is 2.87. The molecule has 0 aliphatic carbocycles. The molecular weight excluding hydrogens is 234 g/mol. The predicted molar refractivity (Wildman–Crippen MR) is 84.4 cm³/mol. The van der Waals surface area contributed by atoms with E-state index in [1.54, 1.807) is 0 Å². The van der Waals surface area contributed by atoms with Gasteiger partial charge in [0.05, 0.1) is 0 Å². The first-order valence-electron chi connectivity index (χ1n) is 7.96. The summed E-state index contributed by atoms with van der Waals surface area (Å²) in [5, 5.41) is 0. The molecular formula is C16H35N3. The zero-order valence-corrected chi connectivity index (χ0v) is 13.9. The Hall–Kier alpha value is -0.120. The lowest BCUT2D eigenvalue weighted by Gasteiger charge is -2.50. The van der Waals surface area contributed by atoms with Crippen molar-refractivity contribution < 1.29 is 0 Å². The maximum atomic E-state index is 6.26. The number of likely N-dealkylation sites (N-methyl/N-ethyl adjacent to an activating group) is 1. The largest absolute Gasteiger partial charge is 0.329 e. The average Bonchev–Trinajstić information content (AvgIpc) is 2.30. The second kappa shape index (κ2) is 7.05. The summed E-state index contributed by atoms with van der Waals surface area (Å²) in [4.78, 5) is 5.15. The van der Waals surface area contributed by atoms with Crippen LogP contribution in [0.4, 0.5) is 0 Å². The van der Waals surface area contributed by atoms with Crippen molar-refractivity contribution in [1.29, 1.82) is 0 Å². The van der Waals surface area contributed by atoms with Crippen LogP contribution in [0.2, 0.25) is 0 Å². The third-order valence-corrected chi connectivity index (χ3v) is 4.59. The molecule has 19 heavy (non-hydrogen) atoms. The van der Waals surface area contributed by atoms with Gasteiger partial charge in [-0.1, -0.05) is 27.7 Å². The Kier molecular flexibility index (Phi) is 6.28. The predicted octanol–water partition coefficient (Wildman–Crippen LogP) is 2.41. The molecule has 2 N–H and O–H groups in total. The van der Waals surface area contributed by atoms with E-state index >= 15 is 0 Å². The molecule has 0 bridgehead atoms. The van der Waals surface area contributed by atoms with Crippen molar-refractivity contribution in [2.75, 3.05) is 33.2 Å². The molecule has 1 unspecified atom stereocenters. The Labute approximate surface area is 120 Å². The summed E-state index contributed by atoms with van der Waals surface area (Å²) >= 11 is 0. The van der Waals surface area contributed by atoms with Crippen molar-refractivity contribution >= 4 is 0 Å². The van der Waals surface area contributed by atoms with Crippen molar-refractivity contribution in [1.82, 2.24) is 9.80 Å². The Morgan fingerprint density at radius 2 is 1.63 bits per heavy atom. The number of hydrogen-bond donors (Lipinski definition) is 1. The van der Waals surface area contributed by atoms with Crippen LogP contribution >= 0.6 is 0 Å². The summed E-state index contributed by atoms with van der Waals surface area (Å²) in [6, 6.07) is 0.638. The van der Waals surface area contributed by atoms with Gasteiger partial charge in [0.2, 0.25) is 0 Å². The maximum absolute atomic E-state index is 6.26. The highest BCUT2D eigenvalue weighted by Gasteiger charge is 2.39. The van der Waals surface area contributed by atoms with Gasteiger partial charge < -0.3 is 10.6 Å².